The monoisotopic (exact) mass is 227 g/mol. The van der Waals surface area contributed by atoms with Gasteiger partial charge in [-0.1, -0.05) is 14.9 Å². The van der Waals surface area contributed by atoms with Crippen LogP contribution in [0.1, 0.15) is 27.6 Å². The van der Waals surface area contributed by atoms with Gasteiger partial charge in [-0.25, -0.2) is 9.48 Å². The molecule has 90 valence electrons. The predicted octanol–water partition coefficient (Wildman–Crippen LogP) is 1.89. The van der Waals surface area contributed by atoms with Crippen LogP contribution in [0.5, 0.6) is 0 Å². The topological polar surface area (TPSA) is 39.8 Å². The molecule has 0 radical (unpaired) electrons. The number of hydrogen-bond acceptors (Lipinski definition) is 2. The van der Waals surface area contributed by atoms with Gasteiger partial charge in [-0.3, -0.25) is 4.57 Å². The lowest BCUT2D eigenvalue weighted by atomic mass is 10.5. The maximum Gasteiger partial charge on any atom is 0.451 e. The van der Waals surface area contributed by atoms with Gasteiger partial charge >= 0.3 is 11.9 Å². The lowest BCUT2D eigenvalue weighted by Gasteiger charge is -2.04. The normalized spacial score (nSPS) is 10.5. The third-order valence-electron chi connectivity index (χ3n) is 1.58. The van der Waals surface area contributed by atoms with E-state index >= 15 is 0 Å². The van der Waals surface area contributed by atoms with Crippen molar-refractivity contribution < 1.29 is 13.2 Å². The first-order valence-electron chi connectivity index (χ1n) is 3.59. The summed E-state index contributed by atoms with van der Waals surface area (Å²) in [5.41, 5.74) is -0.755. The molecule has 0 atom stereocenters. The van der Waals surface area contributed by atoms with Gasteiger partial charge in [0.25, 0.3) is 0 Å². The van der Waals surface area contributed by atoms with Crippen molar-refractivity contribution in [3.8, 4) is 0 Å². The summed E-state index contributed by atoms with van der Waals surface area (Å²) in [6.07, 6.45) is -4.57. The van der Waals surface area contributed by atoms with Crippen LogP contribution in [-0.2, 0) is 19.8 Å². The number of aryl methyl sites for hydroxylation is 1. The van der Waals surface area contributed by atoms with E-state index in [-0.39, 0.29) is 21.4 Å². The van der Waals surface area contributed by atoms with Gasteiger partial charge in [-0.15, -0.1) is 5.10 Å². The van der Waals surface area contributed by atoms with Crippen molar-refractivity contribution in [2.45, 2.75) is 34.5 Å². The average Bonchev–Trinajstić information content (AvgIpc) is 2.28. The largest absolute Gasteiger partial charge is 0.451 e. The zero-order valence-corrected chi connectivity index (χ0v) is 7.09. The van der Waals surface area contributed by atoms with E-state index in [1.807, 2.05) is 0 Å². The summed E-state index contributed by atoms with van der Waals surface area (Å²) >= 11 is 0. The SMILES string of the molecule is C.C.CCn1c(C(F)(F)F)nn(C)c1=O. The van der Waals surface area contributed by atoms with Crippen LogP contribution in [0.15, 0.2) is 4.79 Å². The standard InChI is InChI=1S/C6H8F3N3O.2CH4/c1-3-12-4(6(7,8)9)10-11(2)5(12)13;;/h3H2,1-2H3;2*1H4. The number of alkyl halides is 3. The molecule has 4 nitrogen and oxygen atoms in total. The van der Waals surface area contributed by atoms with E-state index in [2.05, 4.69) is 5.10 Å². The Hall–Kier alpha value is -1.27. The minimum Gasteiger partial charge on any atom is -0.272 e. The molecule has 0 spiro atoms. The lowest BCUT2D eigenvalue weighted by Crippen LogP contribution is -2.24. The highest BCUT2D eigenvalue weighted by molar-refractivity contribution is 4.92. The second-order valence-corrected chi connectivity index (χ2v) is 2.47. The highest BCUT2D eigenvalue weighted by Gasteiger charge is 2.38. The van der Waals surface area contributed by atoms with E-state index in [0.717, 1.165) is 0 Å². The highest BCUT2D eigenvalue weighted by atomic mass is 19.4. The summed E-state index contributed by atoms with van der Waals surface area (Å²) < 4.78 is 37.8. The first-order valence-corrected chi connectivity index (χ1v) is 3.59. The van der Waals surface area contributed by atoms with E-state index in [9.17, 15) is 18.0 Å². The molecule has 0 aliphatic rings. The Morgan fingerprint density at radius 1 is 1.33 bits per heavy atom. The van der Waals surface area contributed by atoms with Gasteiger partial charge in [-0.05, 0) is 6.92 Å². The van der Waals surface area contributed by atoms with E-state index in [1.165, 1.54) is 14.0 Å². The number of nitrogens with zero attached hydrogens (tertiary/aromatic N) is 3. The van der Waals surface area contributed by atoms with E-state index in [0.29, 0.717) is 9.25 Å². The van der Waals surface area contributed by atoms with Crippen LogP contribution in [0, 0.1) is 0 Å². The third kappa shape index (κ3) is 2.84. The Morgan fingerprint density at radius 3 is 2.07 bits per heavy atom. The third-order valence-corrected chi connectivity index (χ3v) is 1.58. The van der Waals surface area contributed by atoms with Crippen molar-refractivity contribution in [3.05, 3.63) is 16.3 Å². The smallest absolute Gasteiger partial charge is 0.272 e. The summed E-state index contributed by atoms with van der Waals surface area (Å²) in [6.45, 7) is 1.42. The molecule has 0 fully saturated rings. The van der Waals surface area contributed by atoms with E-state index < -0.39 is 17.7 Å². The van der Waals surface area contributed by atoms with E-state index in [4.69, 9.17) is 0 Å². The second-order valence-electron chi connectivity index (χ2n) is 2.47. The van der Waals surface area contributed by atoms with Crippen molar-refractivity contribution >= 4 is 0 Å². The second kappa shape index (κ2) is 4.99. The van der Waals surface area contributed by atoms with Gasteiger partial charge in [0, 0.05) is 13.6 Å². The molecule has 0 amide bonds. The number of aromatic nitrogens is 3. The van der Waals surface area contributed by atoms with Crippen LogP contribution in [0.4, 0.5) is 13.2 Å². The lowest BCUT2D eigenvalue weighted by molar-refractivity contribution is -0.147. The van der Waals surface area contributed by atoms with Crippen molar-refractivity contribution in [2.75, 3.05) is 0 Å². The van der Waals surface area contributed by atoms with Crippen molar-refractivity contribution in [2.24, 2.45) is 7.05 Å². The Labute approximate surface area is 86.3 Å². The molecule has 1 heterocycles. The van der Waals surface area contributed by atoms with Gasteiger partial charge in [0.15, 0.2) is 0 Å². The fraction of sp³-hybridized carbons (Fsp3) is 0.750. The molecule has 0 unspecified atom stereocenters. The van der Waals surface area contributed by atoms with Crippen LogP contribution < -0.4 is 5.69 Å². The van der Waals surface area contributed by atoms with Crippen LogP contribution in [0.2, 0.25) is 0 Å². The van der Waals surface area contributed by atoms with Gasteiger partial charge in [-0.2, -0.15) is 13.2 Å². The molecule has 0 bridgehead atoms. The Bertz CT molecular complexity index is 364. The zero-order valence-electron chi connectivity index (χ0n) is 7.09. The quantitative estimate of drug-likeness (QED) is 0.735. The molecule has 0 aliphatic carbocycles. The molecule has 0 saturated carbocycles. The van der Waals surface area contributed by atoms with Crippen molar-refractivity contribution in [3.63, 3.8) is 0 Å². The molecular formula is C8H16F3N3O. The number of halogens is 3. The number of hydrogen-bond donors (Lipinski definition) is 0. The van der Waals surface area contributed by atoms with E-state index in [1.54, 1.807) is 0 Å². The summed E-state index contributed by atoms with van der Waals surface area (Å²) in [7, 11) is 1.18. The van der Waals surface area contributed by atoms with Crippen molar-refractivity contribution in [1.29, 1.82) is 0 Å². The fourth-order valence-corrected chi connectivity index (χ4v) is 0.999. The molecule has 7 heteroatoms. The Balaban J connectivity index is 0. The summed E-state index contributed by atoms with van der Waals surface area (Å²) in [6, 6.07) is 0. The maximum atomic E-state index is 12.2. The molecule has 1 rings (SSSR count). The molecule has 0 aromatic carbocycles. The first kappa shape index (κ1) is 16.2. The van der Waals surface area contributed by atoms with Crippen LogP contribution >= 0.6 is 0 Å². The number of rotatable bonds is 1. The molecule has 1 aromatic heterocycles. The van der Waals surface area contributed by atoms with Gasteiger partial charge in [0.1, 0.15) is 0 Å². The van der Waals surface area contributed by atoms with Gasteiger partial charge in [0.2, 0.25) is 5.82 Å². The van der Waals surface area contributed by atoms with Crippen LogP contribution in [0.25, 0.3) is 0 Å². The van der Waals surface area contributed by atoms with Crippen LogP contribution in [-0.4, -0.2) is 14.3 Å². The van der Waals surface area contributed by atoms with Gasteiger partial charge < -0.3 is 0 Å². The van der Waals surface area contributed by atoms with Gasteiger partial charge in [0.05, 0.1) is 0 Å². The summed E-state index contributed by atoms with van der Waals surface area (Å²) in [4.78, 5) is 11.0. The Morgan fingerprint density at radius 2 is 1.80 bits per heavy atom. The molecule has 15 heavy (non-hydrogen) atoms. The highest BCUT2D eigenvalue weighted by Crippen LogP contribution is 2.26. The minimum absolute atomic E-state index is 0. The average molecular weight is 227 g/mol. The molecule has 0 saturated heterocycles. The van der Waals surface area contributed by atoms with Crippen LogP contribution in [0.3, 0.4) is 0 Å². The maximum absolute atomic E-state index is 12.2. The fourth-order valence-electron chi connectivity index (χ4n) is 0.999. The summed E-state index contributed by atoms with van der Waals surface area (Å²) in [5, 5.41) is 3.09. The molecule has 0 aliphatic heterocycles. The molecule has 0 N–H and O–H groups in total. The molecule has 1 aromatic rings. The summed E-state index contributed by atoms with van der Waals surface area (Å²) in [5.74, 6) is -1.15. The predicted molar refractivity (Wildman–Crippen MR) is 51.6 cm³/mol. The Kier molecular flexibility index (Phi) is 5.38. The zero-order chi connectivity index (χ0) is 10.2. The van der Waals surface area contributed by atoms with Crippen molar-refractivity contribution in [1.82, 2.24) is 14.3 Å². The first-order chi connectivity index (χ1) is 5.88. The molecular weight excluding hydrogens is 211 g/mol. The minimum atomic E-state index is -4.57.